The number of aliphatic hydroxyl groups is 2. The van der Waals surface area contributed by atoms with Crippen LogP contribution in [0.5, 0.6) is 5.75 Å². The zero-order chi connectivity index (χ0) is 29.7. The van der Waals surface area contributed by atoms with Crippen LogP contribution in [0.3, 0.4) is 0 Å². The van der Waals surface area contributed by atoms with E-state index in [-0.39, 0.29) is 23.5 Å². The number of nitrogens with one attached hydrogen (secondary N) is 1. The molecule has 0 aliphatic carbocycles. The molecule has 0 saturated carbocycles. The number of methoxy groups -OCH3 is 1. The van der Waals surface area contributed by atoms with Gasteiger partial charge in [0.1, 0.15) is 11.9 Å². The van der Waals surface area contributed by atoms with Gasteiger partial charge in [0, 0.05) is 30.4 Å². The molecular weight excluding hydrogens is 500 g/mol. The standard InChI is InChI=1S/C30H46N2O7/c1-16-10-9-11-17(2)28(36)32-22-13-21(14-23(33)15-22)25(35)20(5)30(6,7)27(38-8)24(34)18(3)12-19(4)26(16)39-29(31)37/h11-16,18,20,24-27,33-35H,9-10H2,1-8H3,(H2,31,37)(H,32,36)/t16-,18-,20+,24+,25+,26+,27+/m0/s1. The maximum Gasteiger partial charge on any atom is 0.405 e. The van der Waals surface area contributed by atoms with Crippen molar-refractivity contribution in [3.05, 3.63) is 47.1 Å². The van der Waals surface area contributed by atoms with Gasteiger partial charge in [0.2, 0.25) is 0 Å². The second-order valence-corrected chi connectivity index (χ2v) is 11.5. The number of aliphatic hydroxyl groups excluding tert-OH is 2. The number of amides is 2. The van der Waals surface area contributed by atoms with E-state index < -0.39 is 41.8 Å². The number of phenolic OH excluding ortho intramolecular Hbond substituents is 1. The predicted octanol–water partition coefficient (Wildman–Crippen LogP) is 4.82. The smallest absolute Gasteiger partial charge is 0.405 e. The first-order valence-electron chi connectivity index (χ1n) is 13.5. The van der Waals surface area contributed by atoms with Gasteiger partial charge >= 0.3 is 6.09 Å². The first-order chi connectivity index (χ1) is 18.1. The average molecular weight is 547 g/mol. The number of carbonyl (C=O) groups is 2. The molecule has 0 saturated heterocycles. The lowest BCUT2D eigenvalue weighted by atomic mass is 9.68. The van der Waals surface area contributed by atoms with Gasteiger partial charge in [-0.15, -0.1) is 0 Å². The minimum absolute atomic E-state index is 0.0914. The van der Waals surface area contributed by atoms with Gasteiger partial charge < -0.3 is 35.8 Å². The Labute approximate surface area is 232 Å². The summed E-state index contributed by atoms with van der Waals surface area (Å²) in [6.45, 7) is 13.0. The second kappa shape index (κ2) is 13.5. The van der Waals surface area contributed by atoms with Gasteiger partial charge in [0.25, 0.3) is 5.91 Å². The number of hydrogen-bond donors (Lipinski definition) is 5. The van der Waals surface area contributed by atoms with Gasteiger partial charge in [0.05, 0.1) is 18.3 Å². The Bertz CT molecular complexity index is 1080. The van der Waals surface area contributed by atoms with Gasteiger partial charge in [-0.2, -0.15) is 0 Å². The predicted molar refractivity (Wildman–Crippen MR) is 151 cm³/mol. The maximum atomic E-state index is 12.9. The number of anilines is 1. The van der Waals surface area contributed by atoms with Crippen LogP contribution in [-0.4, -0.2) is 52.7 Å². The highest BCUT2D eigenvalue weighted by atomic mass is 16.6. The molecule has 0 fully saturated rings. The van der Waals surface area contributed by atoms with Crippen LogP contribution in [0, 0.1) is 23.2 Å². The molecule has 0 spiro atoms. The second-order valence-electron chi connectivity index (χ2n) is 11.5. The molecule has 0 unspecified atom stereocenters. The summed E-state index contributed by atoms with van der Waals surface area (Å²) in [6.07, 6.45) is 0.659. The number of ether oxygens (including phenoxy) is 2. The molecule has 1 aromatic rings. The summed E-state index contributed by atoms with van der Waals surface area (Å²) in [5, 5.41) is 35.9. The zero-order valence-electron chi connectivity index (χ0n) is 24.4. The van der Waals surface area contributed by atoms with Gasteiger partial charge in [-0.05, 0) is 67.2 Å². The zero-order valence-corrected chi connectivity index (χ0v) is 24.4. The number of aromatic hydroxyl groups is 1. The fourth-order valence-corrected chi connectivity index (χ4v) is 5.42. The Morgan fingerprint density at radius 2 is 1.77 bits per heavy atom. The molecule has 218 valence electrons. The average Bonchev–Trinajstić information content (AvgIpc) is 2.85. The summed E-state index contributed by atoms with van der Waals surface area (Å²) in [4.78, 5) is 24.6. The molecule has 1 heterocycles. The summed E-state index contributed by atoms with van der Waals surface area (Å²) in [5.41, 5.74) is 6.65. The van der Waals surface area contributed by atoms with E-state index in [9.17, 15) is 24.9 Å². The van der Waals surface area contributed by atoms with Gasteiger partial charge in [-0.3, -0.25) is 4.79 Å². The molecule has 1 aliphatic heterocycles. The van der Waals surface area contributed by atoms with Crippen molar-refractivity contribution in [3.63, 3.8) is 0 Å². The van der Waals surface area contributed by atoms with E-state index >= 15 is 0 Å². The summed E-state index contributed by atoms with van der Waals surface area (Å²) >= 11 is 0. The summed E-state index contributed by atoms with van der Waals surface area (Å²) in [6, 6.07) is 4.52. The monoisotopic (exact) mass is 546 g/mol. The lowest BCUT2D eigenvalue weighted by Crippen LogP contribution is -2.48. The van der Waals surface area contributed by atoms with Crippen LogP contribution in [0.2, 0.25) is 0 Å². The van der Waals surface area contributed by atoms with E-state index in [0.717, 1.165) is 5.57 Å². The van der Waals surface area contributed by atoms with E-state index in [1.54, 1.807) is 19.1 Å². The van der Waals surface area contributed by atoms with Crippen LogP contribution in [0.25, 0.3) is 0 Å². The highest BCUT2D eigenvalue weighted by Gasteiger charge is 2.44. The molecule has 39 heavy (non-hydrogen) atoms. The number of allylic oxidation sites excluding steroid dienone is 1. The number of carbonyl (C=O) groups excluding carboxylic acids is 2. The molecule has 2 rings (SSSR count). The van der Waals surface area contributed by atoms with Crippen molar-refractivity contribution in [1.82, 2.24) is 0 Å². The lowest BCUT2D eigenvalue weighted by Gasteiger charge is -2.44. The molecule has 7 atom stereocenters. The van der Waals surface area contributed by atoms with Crippen LogP contribution < -0.4 is 11.1 Å². The van der Waals surface area contributed by atoms with E-state index in [4.69, 9.17) is 15.2 Å². The third-order valence-corrected chi connectivity index (χ3v) is 8.19. The Morgan fingerprint density at radius 3 is 2.36 bits per heavy atom. The molecule has 2 bridgehead atoms. The lowest BCUT2D eigenvalue weighted by molar-refractivity contribution is -0.124. The van der Waals surface area contributed by atoms with Crippen LogP contribution in [0.1, 0.15) is 73.0 Å². The van der Waals surface area contributed by atoms with Crippen molar-refractivity contribution in [2.24, 2.45) is 28.9 Å². The Balaban J connectivity index is 2.61. The fourth-order valence-electron chi connectivity index (χ4n) is 5.42. The number of benzene rings is 1. The topological polar surface area (TPSA) is 151 Å². The number of fused-ring (bicyclic) bond motifs is 2. The first kappa shape index (κ1) is 32.3. The number of rotatable bonds is 2. The third kappa shape index (κ3) is 8.06. The summed E-state index contributed by atoms with van der Waals surface area (Å²) < 4.78 is 11.3. The molecule has 1 aliphatic rings. The van der Waals surface area contributed by atoms with Crippen molar-refractivity contribution >= 4 is 17.7 Å². The van der Waals surface area contributed by atoms with Crippen LogP contribution in [0.15, 0.2) is 41.5 Å². The Morgan fingerprint density at radius 1 is 1.13 bits per heavy atom. The van der Waals surface area contributed by atoms with Gasteiger partial charge in [-0.25, -0.2) is 4.79 Å². The van der Waals surface area contributed by atoms with Crippen molar-refractivity contribution in [1.29, 1.82) is 0 Å². The SMILES string of the molecule is CO[C@@H]1[C@H](O)[C@@H](C)C=C(C)[C@H](OC(N)=O)[C@@H](C)CCC=C(C)C(=O)Nc2cc(O)cc(c2)[C@H](O)[C@@H](C)C1(C)C. The molecule has 6 N–H and O–H groups in total. The highest BCUT2D eigenvalue weighted by molar-refractivity contribution is 6.03. The summed E-state index contributed by atoms with van der Waals surface area (Å²) in [5.74, 6) is -1.37. The molecule has 9 heteroatoms. The van der Waals surface area contributed by atoms with Gasteiger partial charge in [-0.1, -0.05) is 46.8 Å². The first-order valence-corrected chi connectivity index (χ1v) is 13.5. The largest absolute Gasteiger partial charge is 0.508 e. The van der Waals surface area contributed by atoms with E-state index in [1.165, 1.54) is 19.2 Å². The minimum Gasteiger partial charge on any atom is -0.508 e. The summed E-state index contributed by atoms with van der Waals surface area (Å²) in [7, 11) is 1.52. The highest BCUT2D eigenvalue weighted by Crippen LogP contribution is 2.43. The molecule has 0 aromatic heterocycles. The number of phenols is 1. The van der Waals surface area contributed by atoms with Crippen molar-refractivity contribution in [3.8, 4) is 5.75 Å². The van der Waals surface area contributed by atoms with E-state index in [0.29, 0.717) is 29.7 Å². The number of hydrogen-bond acceptors (Lipinski definition) is 7. The Kier molecular flexibility index (Phi) is 11.2. The normalized spacial score (nSPS) is 31.0. The van der Waals surface area contributed by atoms with Crippen molar-refractivity contribution < 1.29 is 34.4 Å². The number of nitrogens with two attached hydrogens (primary N) is 1. The molecule has 2 amide bonds. The number of primary amides is 1. The Hall–Kier alpha value is -2.88. The van der Waals surface area contributed by atoms with Gasteiger partial charge in [0.15, 0.2) is 0 Å². The van der Waals surface area contributed by atoms with Crippen molar-refractivity contribution in [2.45, 2.75) is 85.7 Å². The van der Waals surface area contributed by atoms with Crippen LogP contribution in [-0.2, 0) is 14.3 Å². The molecule has 9 nitrogen and oxygen atoms in total. The fraction of sp³-hybridized carbons (Fsp3) is 0.600. The maximum absolute atomic E-state index is 12.9. The quantitative estimate of drug-likeness (QED) is 0.333. The molecule has 0 radical (unpaired) electrons. The minimum atomic E-state index is -1.03. The van der Waals surface area contributed by atoms with Crippen LogP contribution in [0.4, 0.5) is 10.5 Å². The van der Waals surface area contributed by atoms with Crippen molar-refractivity contribution in [2.75, 3.05) is 12.4 Å². The van der Waals surface area contributed by atoms with Crippen LogP contribution >= 0.6 is 0 Å². The van der Waals surface area contributed by atoms with E-state index in [1.807, 2.05) is 47.6 Å². The van der Waals surface area contributed by atoms with E-state index in [2.05, 4.69) is 5.32 Å². The molecular formula is C30H46N2O7. The molecule has 1 aromatic carbocycles. The third-order valence-electron chi connectivity index (χ3n) is 8.19.